The van der Waals surface area contributed by atoms with E-state index in [2.05, 4.69) is 4.98 Å². The van der Waals surface area contributed by atoms with Crippen LogP contribution in [-0.2, 0) is 0 Å². The standard InChI is InChI=1S/C7H6N2.Al.2ClH/c1-2-5-9-6-4-8-7(9)3-1;;;/h1-6H;;2*1H/q;+3;;/p-2. The van der Waals surface area contributed by atoms with Gasteiger partial charge in [0.2, 0.25) is 0 Å². The van der Waals surface area contributed by atoms with Crippen LogP contribution in [0.5, 0.6) is 0 Å². The van der Waals surface area contributed by atoms with Crippen LogP contribution in [0.3, 0.4) is 0 Å². The van der Waals surface area contributed by atoms with Crippen LogP contribution in [0.4, 0.5) is 0 Å². The van der Waals surface area contributed by atoms with Gasteiger partial charge >= 0.3 is 17.4 Å². The van der Waals surface area contributed by atoms with E-state index in [0.717, 1.165) is 5.65 Å². The minimum absolute atomic E-state index is 0. The SMILES string of the molecule is [Al+3].[Cl-].[Cl-].c1ccn2ccnc2c1. The molecule has 0 aliphatic heterocycles. The summed E-state index contributed by atoms with van der Waals surface area (Å²) in [6, 6.07) is 5.93. The van der Waals surface area contributed by atoms with Crippen molar-refractivity contribution in [2.24, 2.45) is 0 Å². The van der Waals surface area contributed by atoms with Gasteiger partial charge < -0.3 is 29.2 Å². The minimum Gasteiger partial charge on any atom is -1.00 e. The van der Waals surface area contributed by atoms with Crippen LogP contribution < -0.4 is 24.8 Å². The molecule has 0 bridgehead atoms. The summed E-state index contributed by atoms with van der Waals surface area (Å²) >= 11 is 0. The molecule has 0 atom stereocenters. The number of pyridine rings is 1. The van der Waals surface area contributed by atoms with Gasteiger partial charge in [-0.25, -0.2) is 4.98 Å². The molecule has 0 unspecified atom stereocenters. The number of rotatable bonds is 0. The van der Waals surface area contributed by atoms with Crippen molar-refractivity contribution in [2.45, 2.75) is 0 Å². The summed E-state index contributed by atoms with van der Waals surface area (Å²) < 4.78 is 1.97. The van der Waals surface area contributed by atoms with Gasteiger partial charge in [-0.15, -0.1) is 0 Å². The van der Waals surface area contributed by atoms with Gasteiger partial charge in [0.15, 0.2) is 0 Å². The summed E-state index contributed by atoms with van der Waals surface area (Å²) in [7, 11) is 0. The van der Waals surface area contributed by atoms with Gasteiger partial charge in [0, 0.05) is 18.6 Å². The molecule has 2 aromatic rings. The third-order valence-electron chi connectivity index (χ3n) is 1.30. The Bertz CT molecular complexity index is 293. The molecule has 12 heavy (non-hydrogen) atoms. The first-order chi connectivity index (χ1) is 4.47. The molecule has 2 heterocycles. The molecular formula is C7H6AlCl2N2+. The Balaban J connectivity index is 0. The molecule has 0 saturated carbocycles. The van der Waals surface area contributed by atoms with Crippen LogP contribution in [0.15, 0.2) is 36.8 Å². The number of aromatic nitrogens is 2. The molecule has 2 rings (SSSR count). The van der Waals surface area contributed by atoms with E-state index >= 15 is 0 Å². The smallest absolute Gasteiger partial charge is 1.00 e. The van der Waals surface area contributed by atoms with E-state index in [9.17, 15) is 0 Å². The predicted molar refractivity (Wildman–Crippen MR) is 40.9 cm³/mol. The molecule has 5 heteroatoms. The molecule has 0 aliphatic carbocycles. The Morgan fingerprint density at radius 2 is 1.83 bits per heavy atom. The van der Waals surface area contributed by atoms with Gasteiger partial charge in [0.25, 0.3) is 0 Å². The molecule has 0 amide bonds. The van der Waals surface area contributed by atoms with Gasteiger partial charge in [0.05, 0.1) is 0 Å². The van der Waals surface area contributed by atoms with Crippen LogP contribution in [0, 0.1) is 0 Å². The first-order valence-corrected chi connectivity index (χ1v) is 2.84. The van der Waals surface area contributed by atoms with Crippen LogP contribution >= 0.6 is 0 Å². The van der Waals surface area contributed by atoms with Crippen LogP contribution in [0.1, 0.15) is 0 Å². The zero-order valence-electron chi connectivity index (χ0n) is 6.19. The van der Waals surface area contributed by atoms with Crippen molar-refractivity contribution in [1.82, 2.24) is 9.38 Å². The Labute approximate surface area is 93.9 Å². The number of imidazole rings is 1. The molecule has 2 nitrogen and oxygen atoms in total. The maximum absolute atomic E-state index is 4.08. The molecule has 0 aliphatic rings. The number of nitrogens with zero attached hydrogens (tertiary/aromatic N) is 2. The van der Waals surface area contributed by atoms with E-state index in [1.54, 1.807) is 6.20 Å². The quantitative estimate of drug-likeness (QED) is 0.403. The van der Waals surface area contributed by atoms with Gasteiger partial charge in [-0.2, -0.15) is 0 Å². The van der Waals surface area contributed by atoms with E-state index < -0.39 is 0 Å². The normalized spacial score (nSPS) is 7.67. The number of hydrogen-bond donors (Lipinski definition) is 0. The fourth-order valence-corrected chi connectivity index (χ4v) is 0.864. The topological polar surface area (TPSA) is 17.3 Å². The molecule has 2 aromatic heterocycles. The zero-order valence-corrected chi connectivity index (χ0v) is 8.86. The summed E-state index contributed by atoms with van der Waals surface area (Å²) in [6.45, 7) is 0. The van der Waals surface area contributed by atoms with Crippen LogP contribution in [0.2, 0.25) is 0 Å². The van der Waals surface area contributed by atoms with Gasteiger partial charge in [0.1, 0.15) is 5.65 Å². The summed E-state index contributed by atoms with van der Waals surface area (Å²) in [4.78, 5) is 4.08. The van der Waals surface area contributed by atoms with Crippen molar-refractivity contribution < 1.29 is 24.8 Å². The third kappa shape index (κ3) is 2.69. The Kier molecular flexibility index (Phi) is 7.56. The van der Waals surface area contributed by atoms with E-state index in [4.69, 9.17) is 0 Å². The summed E-state index contributed by atoms with van der Waals surface area (Å²) in [5.41, 5.74) is 0.998. The minimum atomic E-state index is 0. The van der Waals surface area contributed by atoms with E-state index in [1.165, 1.54) is 0 Å². The molecule has 0 fully saturated rings. The summed E-state index contributed by atoms with van der Waals surface area (Å²) in [6.07, 6.45) is 5.69. The van der Waals surface area contributed by atoms with E-state index in [-0.39, 0.29) is 42.2 Å². The Hall–Kier alpha value is -0.198. The van der Waals surface area contributed by atoms with E-state index in [1.807, 2.05) is 35.0 Å². The van der Waals surface area contributed by atoms with Crippen molar-refractivity contribution >= 4 is 23.0 Å². The molecule has 0 radical (unpaired) electrons. The van der Waals surface area contributed by atoms with Crippen molar-refractivity contribution in [3.8, 4) is 0 Å². The number of halogens is 2. The molecule has 0 aromatic carbocycles. The van der Waals surface area contributed by atoms with Crippen LogP contribution in [0.25, 0.3) is 5.65 Å². The molecular weight excluding hydrogens is 210 g/mol. The van der Waals surface area contributed by atoms with Gasteiger partial charge in [-0.05, 0) is 12.1 Å². The van der Waals surface area contributed by atoms with Crippen molar-refractivity contribution in [1.29, 1.82) is 0 Å². The van der Waals surface area contributed by atoms with Gasteiger partial charge in [-0.3, -0.25) is 0 Å². The van der Waals surface area contributed by atoms with Gasteiger partial charge in [-0.1, -0.05) is 6.07 Å². The average molecular weight is 216 g/mol. The maximum atomic E-state index is 4.08. The molecule has 0 spiro atoms. The summed E-state index contributed by atoms with van der Waals surface area (Å²) in [5, 5.41) is 0. The first kappa shape index (κ1) is 14.3. The molecule has 60 valence electrons. The monoisotopic (exact) mass is 215 g/mol. The fourth-order valence-electron chi connectivity index (χ4n) is 0.864. The largest absolute Gasteiger partial charge is 3.00 e. The van der Waals surface area contributed by atoms with E-state index in [0.29, 0.717) is 0 Å². The first-order valence-electron chi connectivity index (χ1n) is 2.84. The Morgan fingerprint density at radius 1 is 1.08 bits per heavy atom. The van der Waals surface area contributed by atoms with Crippen molar-refractivity contribution in [3.05, 3.63) is 36.8 Å². The molecule has 0 saturated heterocycles. The number of hydrogen-bond acceptors (Lipinski definition) is 1. The van der Waals surface area contributed by atoms with Crippen LogP contribution in [-0.4, -0.2) is 26.7 Å². The fraction of sp³-hybridized carbons (Fsp3) is 0. The third-order valence-corrected chi connectivity index (χ3v) is 1.30. The predicted octanol–water partition coefficient (Wildman–Crippen LogP) is -5.04. The molecule has 0 N–H and O–H groups in total. The maximum Gasteiger partial charge on any atom is 3.00 e. The second kappa shape index (κ2) is 6.33. The second-order valence-electron chi connectivity index (χ2n) is 1.89. The summed E-state index contributed by atoms with van der Waals surface area (Å²) in [5.74, 6) is 0. The zero-order chi connectivity index (χ0) is 6.10. The number of fused-ring (bicyclic) bond motifs is 1. The Morgan fingerprint density at radius 3 is 2.50 bits per heavy atom. The van der Waals surface area contributed by atoms with Crippen molar-refractivity contribution in [3.63, 3.8) is 0 Å². The van der Waals surface area contributed by atoms with Crippen molar-refractivity contribution in [2.75, 3.05) is 0 Å². The second-order valence-corrected chi connectivity index (χ2v) is 1.89. The average Bonchev–Trinajstić information content (AvgIpc) is 2.33.